The van der Waals surface area contributed by atoms with Crippen LogP contribution in [-0.4, -0.2) is 51.7 Å². The molecule has 1 fully saturated rings. The minimum Gasteiger partial charge on any atom is -0.497 e. The van der Waals surface area contributed by atoms with Gasteiger partial charge in [-0.25, -0.2) is 18.4 Å². The van der Waals surface area contributed by atoms with Gasteiger partial charge in [-0.05, 0) is 43.3 Å². The number of hydrogen-bond donors (Lipinski definition) is 1. The van der Waals surface area contributed by atoms with E-state index in [-0.39, 0.29) is 10.7 Å². The maximum absolute atomic E-state index is 13.2. The van der Waals surface area contributed by atoms with Gasteiger partial charge in [-0.15, -0.1) is 0 Å². The van der Waals surface area contributed by atoms with Crippen molar-refractivity contribution in [3.8, 4) is 5.75 Å². The van der Waals surface area contributed by atoms with E-state index in [1.807, 2.05) is 49.4 Å². The first-order valence-corrected chi connectivity index (χ1v) is 12.9. The van der Waals surface area contributed by atoms with Crippen molar-refractivity contribution in [2.45, 2.75) is 11.8 Å². The second-order valence-corrected chi connectivity index (χ2v) is 10.2. The third kappa shape index (κ3) is 4.85. The van der Waals surface area contributed by atoms with Gasteiger partial charge in [-0.3, -0.25) is 4.72 Å². The van der Waals surface area contributed by atoms with Gasteiger partial charge >= 0.3 is 0 Å². The van der Waals surface area contributed by atoms with Gasteiger partial charge in [0.25, 0.3) is 10.0 Å². The SMILES string of the molecule is COc1cccc(N2CCN(c3nc4ccccc4nc3NS(=O)(=O)c3ccc(C)cc3)CC2)c1. The molecule has 0 atom stereocenters. The fourth-order valence-electron chi connectivity index (χ4n) is 4.17. The van der Waals surface area contributed by atoms with Crippen molar-refractivity contribution in [3.63, 3.8) is 0 Å². The summed E-state index contributed by atoms with van der Waals surface area (Å²) in [7, 11) is -2.16. The number of aromatic nitrogens is 2. The molecule has 0 radical (unpaired) electrons. The molecule has 0 bridgehead atoms. The van der Waals surface area contributed by atoms with Gasteiger partial charge in [0, 0.05) is 37.9 Å². The molecule has 0 amide bonds. The highest BCUT2D eigenvalue weighted by Crippen LogP contribution is 2.29. The van der Waals surface area contributed by atoms with Crippen LogP contribution in [0, 0.1) is 6.92 Å². The van der Waals surface area contributed by atoms with Crippen molar-refractivity contribution in [2.24, 2.45) is 0 Å². The molecule has 0 spiro atoms. The smallest absolute Gasteiger partial charge is 0.263 e. The molecule has 1 aliphatic rings. The molecule has 0 saturated carbocycles. The zero-order valence-electron chi connectivity index (χ0n) is 19.7. The zero-order valence-corrected chi connectivity index (χ0v) is 20.5. The molecule has 0 unspecified atom stereocenters. The Kier molecular flexibility index (Phi) is 6.17. The van der Waals surface area contributed by atoms with E-state index in [0.717, 1.165) is 35.6 Å². The summed E-state index contributed by atoms with van der Waals surface area (Å²) in [5, 5.41) is 0. The summed E-state index contributed by atoms with van der Waals surface area (Å²) in [6, 6.07) is 22.2. The minimum absolute atomic E-state index is 0.187. The lowest BCUT2D eigenvalue weighted by Gasteiger charge is -2.37. The van der Waals surface area contributed by atoms with Crippen molar-refractivity contribution >= 4 is 38.4 Å². The number of nitrogens with one attached hydrogen (secondary N) is 1. The number of aryl methyl sites for hydroxylation is 1. The van der Waals surface area contributed by atoms with Gasteiger partial charge in [-0.2, -0.15) is 0 Å². The van der Waals surface area contributed by atoms with E-state index in [9.17, 15) is 8.42 Å². The summed E-state index contributed by atoms with van der Waals surface area (Å²) in [4.78, 5) is 14.0. The molecule has 2 heterocycles. The third-order valence-electron chi connectivity index (χ3n) is 6.11. The number of methoxy groups -OCH3 is 1. The first-order chi connectivity index (χ1) is 16.9. The van der Waals surface area contributed by atoms with E-state index in [2.05, 4.69) is 25.6 Å². The first-order valence-electron chi connectivity index (χ1n) is 11.4. The zero-order chi connectivity index (χ0) is 24.4. The van der Waals surface area contributed by atoms with Crippen LogP contribution in [0.2, 0.25) is 0 Å². The first kappa shape index (κ1) is 22.9. The second kappa shape index (κ2) is 9.42. The molecule has 180 valence electrons. The lowest BCUT2D eigenvalue weighted by Crippen LogP contribution is -2.47. The van der Waals surface area contributed by atoms with Crippen LogP contribution < -0.4 is 19.3 Å². The number of benzene rings is 3. The van der Waals surface area contributed by atoms with Gasteiger partial charge in [0.05, 0.1) is 23.0 Å². The molecule has 4 aromatic rings. The number of para-hydroxylation sites is 2. The van der Waals surface area contributed by atoms with Crippen LogP contribution in [0.1, 0.15) is 5.56 Å². The number of nitrogens with zero attached hydrogens (tertiary/aromatic N) is 4. The topological polar surface area (TPSA) is 87.7 Å². The lowest BCUT2D eigenvalue weighted by atomic mass is 10.2. The Bertz CT molecular complexity index is 1450. The lowest BCUT2D eigenvalue weighted by molar-refractivity contribution is 0.414. The van der Waals surface area contributed by atoms with Crippen LogP contribution in [0.5, 0.6) is 5.75 Å². The van der Waals surface area contributed by atoms with Crippen molar-refractivity contribution in [3.05, 3.63) is 78.4 Å². The van der Waals surface area contributed by atoms with E-state index < -0.39 is 10.0 Å². The number of hydrogen-bond acceptors (Lipinski definition) is 7. The average Bonchev–Trinajstić information content (AvgIpc) is 2.88. The number of anilines is 3. The highest BCUT2D eigenvalue weighted by Gasteiger charge is 2.25. The molecule has 35 heavy (non-hydrogen) atoms. The van der Waals surface area contributed by atoms with Gasteiger partial charge in [0.2, 0.25) is 0 Å². The van der Waals surface area contributed by atoms with Gasteiger partial charge < -0.3 is 14.5 Å². The summed E-state index contributed by atoms with van der Waals surface area (Å²) in [6.45, 7) is 4.77. The Balaban J connectivity index is 1.44. The van der Waals surface area contributed by atoms with Crippen molar-refractivity contribution < 1.29 is 13.2 Å². The molecule has 1 aliphatic heterocycles. The Morgan fingerprint density at radius 1 is 0.829 bits per heavy atom. The average molecular weight is 490 g/mol. The normalized spacial score (nSPS) is 14.2. The van der Waals surface area contributed by atoms with Crippen LogP contribution in [-0.2, 0) is 10.0 Å². The van der Waals surface area contributed by atoms with Crippen molar-refractivity contribution in [1.82, 2.24) is 9.97 Å². The van der Waals surface area contributed by atoms with E-state index >= 15 is 0 Å². The molecular formula is C26H27N5O3S. The van der Waals surface area contributed by atoms with Gasteiger partial charge in [0.1, 0.15) is 5.75 Å². The minimum atomic E-state index is -3.82. The monoisotopic (exact) mass is 489 g/mol. The molecule has 1 aromatic heterocycles. The quantitative estimate of drug-likeness (QED) is 0.437. The van der Waals surface area contributed by atoms with Gasteiger partial charge in [-0.1, -0.05) is 35.9 Å². The van der Waals surface area contributed by atoms with E-state index in [1.165, 1.54) is 0 Å². The largest absolute Gasteiger partial charge is 0.497 e. The predicted molar refractivity (Wildman–Crippen MR) is 139 cm³/mol. The van der Waals surface area contributed by atoms with Crippen LogP contribution in [0.25, 0.3) is 11.0 Å². The Morgan fingerprint density at radius 3 is 2.17 bits per heavy atom. The summed E-state index contributed by atoms with van der Waals surface area (Å²) in [6.07, 6.45) is 0. The Labute approximate surface area is 205 Å². The molecule has 9 heteroatoms. The molecule has 5 rings (SSSR count). The number of piperazine rings is 1. The van der Waals surface area contributed by atoms with Crippen LogP contribution >= 0.6 is 0 Å². The number of sulfonamides is 1. The molecule has 3 aromatic carbocycles. The van der Waals surface area contributed by atoms with Gasteiger partial charge in [0.15, 0.2) is 11.6 Å². The van der Waals surface area contributed by atoms with Crippen molar-refractivity contribution in [1.29, 1.82) is 0 Å². The number of fused-ring (bicyclic) bond motifs is 1. The summed E-state index contributed by atoms with van der Waals surface area (Å²) < 4.78 is 34.4. The summed E-state index contributed by atoms with van der Waals surface area (Å²) >= 11 is 0. The molecule has 1 saturated heterocycles. The highest BCUT2D eigenvalue weighted by atomic mass is 32.2. The molecule has 1 N–H and O–H groups in total. The summed E-state index contributed by atoms with van der Waals surface area (Å²) in [5.41, 5.74) is 3.43. The number of ether oxygens (including phenoxy) is 1. The molecule has 0 aliphatic carbocycles. The van der Waals surface area contributed by atoms with Crippen molar-refractivity contribution in [2.75, 3.05) is 47.8 Å². The molecular weight excluding hydrogens is 462 g/mol. The molecule has 8 nitrogen and oxygen atoms in total. The van der Waals surface area contributed by atoms with E-state index in [1.54, 1.807) is 31.4 Å². The number of rotatable bonds is 6. The van der Waals surface area contributed by atoms with Crippen LogP contribution in [0.4, 0.5) is 17.3 Å². The maximum Gasteiger partial charge on any atom is 0.263 e. The third-order valence-corrected chi connectivity index (χ3v) is 7.47. The maximum atomic E-state index is 13.2. The fourth-order valence-corrected chi connectivity index (χ4v) is 5.17. The summed E-state index contributed by atoms with van der Waals surface area (Å²) in [5.74, 6) is 1.59. The standard InChI is InChI=1S/C26H27N5O3S/c1-19-10-12-22(13-11-19)35(32,33)29-25-26(28-24-9-4-3-8-23(24)27-25)31-16-14-30(15-17-31)20-6-5-7-21(18-20)34-2/h3-13,18H,14-17H2,1-2H3,(H,27,29). The highest BCUT2D eigenvalue weighted by molar-refractivity contribution is 7.92. The van der Waals surface area contributed by atoms with E-state index in [4.69, 9.17) is 9.72 Å². The van der Waals surface area contributed by atoms with E-state index in [0.29, 0.717) is 24.4 Å². The Morgan fingerprint density at radius 2 is 1.49 bits per heavy atom. The van der Waals surface area contributed by atoms with Crippen LogP contribution in [0.15, 0.2) is 77.7 Å². The Hall–Kier alpha value is -3.85. The van der Waals surface area contributed by atoms with Crippen LogP contribution in [0.3, 0.4) is 0 Å². The fraction of sp³-hybridized carbons (Fsp3) is 0.231. The predicted octanol–water partition coefficient (Wildman–Crippen LogP) is 4.07. The second-order valence-electron chi connectivity index (χ2n) is 8.48.